The SMILES string of the molecule is O=C1Cn2c(nc3sc4c(c3c2=O)CCCC4)CN1CCO. The Morgan fingerprint density at radius 1 is 1.18 bits per heavy atom. The molecule has 2 aromatic heterocycles. The molecule has 0 saturated heterocycles. The van der Waals surface area contributed by atoms with Crippen molar-refractivity contribution >= 4 is 27.5 Å². The highest BCUT2D eigenvalue weighted by atomic mass is 32.1. The number of amides is 1. The molecule has 2 aromatic rings. The number of aliphatic hydroxyl groups excluding tert-OH is 1. The molecule has 0 fully saturated rings. The summed E-state index contributed by atoms with van der Waals surface area (Å²) in [6.45, 7) is 0.536. The summed E-state index contributed by atoms with van der Waals surface area (Å²) in [5, 5.41) is 9.77. The average molecular weight is 319 g/mol. The minimum Gasteiger partial charge on any atom is -0.395 e. The van der Waals surface area contributed by atoms with Crippen LogP contribution in [0.1, 0.15) is 29.1 Å². The predicted molar refractivity (Wildman–Crippen MR) is 83.0 cm³/mol. The molecule has 22 heavy (non-hydrogen) atoms. The van der Waals surface area contributed by atoms with Gasteiger partial charge in [0.15, 0.2) is 0 Å². The van der Waals surface area contributed by atoms with Gasteiger partial charge in [-0.2, -0.15) is 0 Å². The molecule has 0 atom stereocenters. The molecule has 3 heterocycles. The summed E-state index contributed by atoms with van der Waals surface area (Å²) in [5.41, 5.74) is 1.08. The van der Waals surface area contributed by atoms with Crippen molar-refractivity contribution in [2.75, 3.05) is 13.2 Å². The van der Waals surface area contributed by atoms with Gasteiger partial charge in [0.1, 0.15) is 17.2 Å². The number of carbonyl (C=O) groups is 1. The highest BCUT2D eigenvalue weighted by Crippen LogP contribution is 2.34. The Balaban J connectivity index is 1.89. The number of rotatable bonds is 2. The normalized spacial score (nSPS) is 17.7. The number of hydrogen-bond acceptors (Lipinski definition) is 5. The molecule has 0 aromatic carbocycles. The van der Waals surface area contributed by atoms with Crippen molar-refractivity contribution in [2.24, 2.45) is 0 Å². The Morgan fingerprint density at radius 2 is 2.00 bits per heavy atom. The minimum absolute atomic E-state index is 0.0295. The van der Waals surface area contributed by atoms with Crippen LogP contribution in [0.4, 0.5) is 0 Å². The van der Waals surface area contributed by atoms with Crippen LogP contribution in [0.5, 0.6) is 0 Å². The number of carbonyl (C=O) groups excluding carboxylic acids is 1. The zero-order valence-corrected chi connectivity index (χ0v) is 13.0. The summed E-state index contributed by atoms with van der Waals surface area (Å²) in [6.07, 6.45) is 4.25. The molecule has 0 bridgehead atoms. The van der Waals surface area contributed by atoms with Crippen LogP contribution < -0.4 is 5.56 Å². The molecule has 0 unspecified atom stereocenters. The molecule has 0 saturated carbocycles. The van der Waals surface area contributed by atoms with Crippen LogP contribution in [0.3, 0.4) is 0 Å². The number of aromatic nitrogens is 2. The van der Waals surface area contributed by atoms with E-state index in [1.54, 1.807) is 16.2 Å². The minimum atomic E-state index is -0.131. The van der Waals surface area contributed by atoms with Crippen molar-refractivity contribution in [2.45, 2.75) is 38.8 Å². The van der Waals surface area contributed by atoms with Gasteiger partial charge >= 0.3 is 0 Å². The molecule has 1 aliphatic carbocycles. The zero-order chi connectivity index (χ0) is 15.3. The maximum atomic E-state index is 12.8. The largest absolute Gasteiger partial charge is 0.395 e. The molecule has 4 rings (SSSR count). The second-order valence-electron chi connectivity index (χ2n) is 5.85. The van der Waals surface area contributed by atoms with E-state index in [0.29, 0.717) is 12.4 Å². The lowest BCUT2D eigenvalue weighted by molar-refractivity contribution is -0.134. The summed E-state index contributed by atoms with van der Waals surface area (Å²) in [7, 11) is 0. The van der Waals surface area contributed by atoms with Gasteiger partial charge in [0.05, 0.1) is 18.5 Å². The van der Waals surface area contributed by atoms with Gasteiger partial charge < -0.3 is 10.0 Å². The third-order valence-corrected chi connectivity index (χ3v) is 5.69. The molecular weight excluding hydrogens is 302 g/mol. The third kappa shape index (κ3) is 1.99. The number of nitrogens with zero attached hydrogens (tertiary/aromatic N) is 3. The second-order valence-corrected chi connectivity index (χ2v) is 6.93. The molecular formula is C15H17N3O3S. The zero-order valence-electron chi connectivity index (χ0n) is 12.2. The highest BCUT2D eigenvalue weighted by Gasteiger charge is 2.28. The van der Waals surface area contributed by atoms with E-state index in [4.69, 9.17) is 5.11 Å². The molecule has 116 valence electrons. The van der Waals surface area contributed by atoms with E-state index in [-0.39, 0.29) is 31.2 Å². The number of thiophene rings is 1. The van der Waals surface area contributed by atoms with Crippen LogP contribution in [-0.2, 0) is 30.7 Å². The smallest absolute Gasteiger partial charge is 0.263 e. The van der Waals surface area contributed by atoms with Crippen molar-refractivity contribution in [3.8, 4) is 0 Å². The summed E-state index contributed by atoms with van der Waals surface area (Å²) in [6, 6.07) is 0. The maximum Gasteiger partial charge on any atom is 0.263 e. The number of aliphatic hydroxyl groups is 1. The Labute approximate surface area is 131 Å². The lowest BCUT2D eigenvalue weighted by Gasteiger charge is -2.28. The summed E-state index contributed by atoms with van der Waals surface area (Å²) >= 11 is 1.62. The van der Waals surface area contributed by atoms with E-state index in [1.807, 2.05) is 0 Å². The van der Waals surface area contributed by atoms with Gasteiger partial charge in [-0.15, -0.1) is 11.3 Å². The molecule has 2 aliphatic rings. The lowest BCUT2D eigenvalue weighted by Crippen LogP contribution is -2.45. The fourth-order valence-corrected chi connectivity index (χ4v) is 4.65. The van der Waals surface area contributed by atoms with E-state index < -0.39 is 0 Å². The van der Waals surface area contributed by atoms with Crippen LogP contribution in [0, 0.1) is 0 Å². The monoisotopic (exact) mass is 319 g/mol. The molecule has 0 spiro atoms. The average Bonchev–Trinajstić information content (AvgIpc) is 2.88. The number of β-amino-alcohol motifs (C(OH)–C–C–N with tert-alkyl or cyclic N) is 1. The van der Waals surface area contributed by atoms with E-state index in [2.05, 4.69) is 4.98 Å². The predicted octanol–water partition coefficient (Wildman–Crippen LogP) is 0.671. The van der Waals surface area contributed by atoms with Gasteiger partial charge in [0, 0.05) is 11.4 Å². The fraction of sp³-hybridized carbons (Fsp3) is 0.533. The van der Waals surface area contributed by atoms with Gasteiger partial charge in [-0.25, -0.2) is 4.98 Å². The van der Waals surface area contributed by atoms with Gasteiger partial charge in [-0.3, -0.25) is 14.2 Å². The van der Waals surface area contributed by atoms with Crippen LogP contribution in [0.15, 0.2) is 4.79 Å². The van der Waals surface area contributed by atoms with Crippen molar-refractivity contribution in [3.63, 3.8) is 0 Å². The van der Waals surface area contributed by atoms with Gasteiger partial charge in [-0.05, 0) is 31.2 Å². The van der Waals surface area contributed by atoms with Gasteiger partial charge in [-0.1, -0.05) is 0 Å². The molecule has 7 heteroatoms. The molecule has 0 radical (unpaired) electrons. The number of fused-ring (bicyclic) bond motifs is 4. The van der Waals surface area contributed by atoms with Crippen LogP contribution >= 0.6 is 11.3 Å². The quantitative estimate of drug-likeness (QED) is 0.883. The topological polar surface area (TPSA) is 75.4 Å². The second kappa shape index (κ2) is 5.17. The van der Waals surface area contributed by atoms with E-state index in [1.165, 1.54) is 15.9 Å². The van der Waals surface area contributed by atoms with Crippen molar-refractivity contribution in [3.05, 3.63) is 26.6 Å². The summed E-state index contributed by atoms with van der Waals surface area (Å²) in [5.74, 6) is 0.498. The molecule has 1 N–H and O–H groups in total. The van der Waals surface area contributed by atoms with Crippen LogP contribution in [0.2, 0.25) is 0 Å². The standard InChI is InChI=1S/C15H17N3O3S/c19-6-5-17-7-11-16-14-13(15(21)18(11)8-12(17)20)9-3-1-2-4-10(9)22-14/h19H,1-8H2. The Morgan fingerprint density at radius 3 is 2.82 bits per heavy atom. The third-order valence-electron chi connectivity index (χ3n) is 4.50. The van der Waals surface area contributed by atoms with E-state index in [0.717, 1.165) is 35.0 Å². The van der Waals surface area contributed by atoms with Crippen molar-refractivity contribution in [1.82, 2.24) is 14.5 Å². The maximum absolute atomic E-state index is 12.8. The first kappa shape index (κ1) is 13.9. The highest BCUT2D eigenvalue weighted by molar-refractivity contribution is 7.18. The Bertz CT molecular complexity index is 824. The van der Waals surface area contributed by atoms with Gasteiger partial charge in [0.2, 0.25) is 5.91 Å². The Kier molecular flexibility index (Phi) is 3.27. The molecule has 1 amide bonds. The van der Waals surface area contributed by atoms with E-state index >= 15 is 0 Å². The first-order valence-corrected chi connectivity index (χ1v) is 8.43. The number of hydrogen-bond donors (Lipinski definition) is 1. The molecule has 6 nitrogen and oxygen atoms in total. The van der Waals surface area contributed by atoms with Crippen molar-refractivity contribution in [1.29, 1.82) is 0 Å². The van der Waals surface area contributed by atoms with Crippen molar-refractivity contribution < 1.29 is 9.90 Å². The summed E-state index contributed by atoms with van der Waals surface area (Å²) in [4.78, 5) is 33.2. The molecule has 1 aliphatic heterocycles. The van der Waals surface area contributed by atoms with Crippen LogP contribution in [0.25, 0.3) is 10.2 Å². The van der Waals surface area contributed by atoms with Gasteiger partial charge in [0.25, 0.3) is 5.56 Å². The number of aryl methyl sites for hydroxylation is 2. The Hall–Kier alpha value is -1.73. The van der Waals surface area contributed by atoms with Crippen LogP contribution in [-0.4, -0.2) is 38.6 Å². The summed E-state index contributed by atoms with van der Waals surface area (Å²) < 4.78 is 1.51. The van der Waals surface area contributed by atoms with E-state index in [9.17, 15) is 9.59 Å². The first-order valence-electron chi connectivity index (χ1n) is 7.61. The fourth-order valence-electron chi connectivity index (χ4n) is 3.38. The first-order chi connectivity index (χ1) is 10.7. The lowest BCUT2D eigenvalue weighted by atomic mass is 9.97.